The molecule has 2 fully saturated rings. The largest absolute Gasteiger partial charge is 0.370 e. The Bertz CT molecular complexity index is 510. The molecule has 1 aliphatic carbocycles. The summed E-state index contributed by atoms with van der Waals surface area (Å²) in [5.74, 6) is 0.574. The van der Waals surface area contributed by atoms with Crippen LogP contribution in [0.5, 0.6) is 0 Å². The molecular weight excluding hydrogens is 278 g/mol. The van der Waals surface area contributed by atoms with E-state index in [1.54, 1.807) is 12.4 Å². The fraction of sp³-hybridized carbons (Fsp3) is 0.647. The molecule has 0 unspecified atom stereocenters. The Labute approximate surface area is 132 Å². The molecule has 5 heteroatoms. The number of anilines is 2. The highest BCUT2D eigenvalue weighted by molar-refractivity contribution is 5.96. The van der Waals surface area contributed by atoms with Gasteiger partial charge in [0.2, 0.25) is 0 Å². The molecule has 1 N–H and O–H groups in total. The number of nitrogens with zero attached hydrogens (tertiary/aromatic N) is 2. The van der Waals surface area contributed by atoms with Crippen LogP contribution < -0.4 is 10.2 Å². The first-order valence-electron chi connectivity index (χ1n) is 8.35. The van der Waals surface area contributed by atoms with Crippen molar-refractivity contribution in [2.24, 2.45) is 5.92 Å². The van der Waals surface area contributed by atoms with Crippen molar-refractivity contribution < 1.29 is 9.53 Å². The summed E-state index contributed by atoms with van der Waals surface area (Å²) in [6.07, 6.45) is 9.26. The lowest BCUT2D eigenvalue weighted by Crippen LogP contribution is -2.32. The first-order valence-corrected chi connectivity index (χ1v) is 8.35. The van der Waals surface area contributed by atoms with Crippen molar-refractivity contribution in [3.8, 4) is 0 Å². The average molecular weight is 303 g/mol. The molecule has 0 radical (unpaired) electrons. The molecule has 1 amide bonds. The molecular formula is C17H25N3O2. The zero-order valence-corrected chi connectivity index (χ0v) is 13.3. The first kappa shape index (κ1) is 15.3. The Morgan fingerprint density at radius 2 is 2.18 bits per heavy atom. The quantitative estimate of drug-likeness (QED) is 0.878. The van der Waals surface area contributed by atoms with Crippen LogP contribution in [0, 0.1) is 5.92 Å². The van der Waals surface area contributed by atoms with Crippen molar-refractivity contribution in [1.82, 2.24) is 4.98 Å². The van der Waals surface area contributed by atoms with E-state index in [9.17, 15) is 4.79 Å². The van der Waals surface area contributed by atoms with Crippen LogP contribution in [0.25, 0.3) is 0 Å². The molecule has 120 valence electrons. The lowest BCUT2D eigenvalue weighted by molar-refractivity contribution is -0.126. The first-order chi connectivity index (χ1) is 10.7. The smallest absolute Gasteiger partial charge is 0.253 e. The Kier molecular flexibility index (Phi) is 4.93. The van der Waals surface area contributed by atoms with Gasteiger partial charge in [0.15, 0.2) is 0 Å². The van der Waals surface area contributed by atoms with E-state index in [1.807, 2.05) is 13.0 Å². The van der Waals surface area contributed by atoms with Gasteiger partial charge >= 0.3 is 0 Å². The maximum Gasteiger partial charge on any atom is 0.253 e. The van der Waals surface area contributed by atoms with Gasteiger partial charge in [-0.15, -0.1) is 0 Å². The van der Waals surface area contributed by atoms with Gasteiger partial charge in [-0.25, -0.2) is 0 Å². The monoisotopic (exact) mass is 303 g/mol. The summed E-state index contributed by atoms with van der Waals surface area (Å²) in [5.41, 5.74) is 1.86. The Hall–Kier alpha value is -1.62. The van der Waals surface area contributed by atoms with E-state index in [4.69, 9.17) is 4.74 Å². The van der Waals surface area contributed by atoms with Crippen LogP contribution in [0.2, 0.25) is 0 Å². The number of carbonyl (C=O) groups excluding carboxylic acids is 1. The van der Waals surface area contributed by atoms with E-state index in [1.165, 1.54) is 32.1 Å². The molecule has 1 aromatic rings. The highest BCUT2D eigenvalue weighted by atomic mass is 16.5. The highest BCUT2D eigenvalue weighted by Gasteiger charge is 2.24. The normalized spacial score (nSPS) is 19.8. The van der Waals surface area contributed by atoms with Crippen LogP contribution in [-0.4, -0.2) is 36.7 Å². The summed E-state index contributed by atoms with van der Waals surface area (Å²) in [7, 11) is 0. The predicted octanol–water partition coefficient (Wildman–Crippen LogP) is 2.83. The van der Waals surface area contributed by atoms with Crippen molar-refractivity contribution >= 4 is 17.3 Å². The Morgan fingerprint density at radius 3 is 2.91 bits per heavy atom. The third-order valence-corrected chi connectivity index (χ3v) is 4.40. The number of piperidine rings is 1. The zero-order valence-electron chi connectivity index (χ0n) is 13.3. The number of pyridine rings is 1. The molecule has 0 aromatic carbocycles. The van der Waals surface area contributed by atoms with Gasteiger partial charge in [-0.1, -0.05) is 0 Å². The summed E-state index contributed by atoms with van der Waals surface area (Å²) in [6, 6.07) is 1.98. The molecule has 0 bridgehead atoms. The number of rotatable bonds is 6. The summed E-state index contributed by atoms with van der Waals surface area (Å²) in [4.78, 5) is 18.8. The Balaban J connectivity index is 1.61. The molecule has 1 saturated heterocycles. The number of carbonyl (C=O) groups is 1. The van der Waals surface area contributed by atoms with Crippen molar-refractivity contribution in [3.05, 3.63) is 18.5 Å². The predicted molar refractivity (Wildman–Crippen MR) is 87.1 cm³/mol. The van der Waals surface area contributed by atoms with E-state index >= 15 is 0 Å². The van der Waals surface area contributed by atoms with Crippen LogP contribution in [-0.2, 0) is 9.53 Å². The molecule has 3 rings (SSSR count). The van der Waals surface area contributed by atoms with Gasteiger partial charge in [0.25, 0.3) is 5.91 Å². The minimum Gasteiger partial charge on any atom is -0.370 e. The van der Waals surface area contributed by atoms with Crippen molar-refractivity contribution in [2.45, 2.75) is 45.1 Å². The van der Waals surface area contributed by atoms with Crippen molar-refractivity contribution in [3.63, 3.8) is 0 Å². The molecule has 1 aliphatic heterocycles. The minimum absolute atomic E-state index is 0.0908. The SMILES string of the molecule is C[C@@H](OCC1CC1)C(=O)Nc1cnccc1N1CCCCC1. The molecule has 5 nitrogen and oxygen atoms in total. The lowest BCUT2D eigenvalue weighted by Gasteiger charge is -2.30. The molecule has 1 atom stereocenters. The second kappa shape index (κ2) is 7.09. The second-order valence-electron chi connectivity index (χ2n) is 6.35. The van der Waals surface area contributed by atoms with Gasteiger partial charge < -0.3 is 15.0 Å². The van der Waals surface area contributed by atoms with Crippen molar-refractivity contribution in [2.75, 3.05) is 29.9 Å². The average Bonchev–Trinajstić information content (AvgIpc) is 3.38. The fourth-order valence-electron chi connectivity index (χ4n) is 2.77. The van der Waals surface area contributed by atoms with E-state index in [0.29, 0.717) is 12.5 Å². The van der Waals surface area contributed by atoms with Crippen LogP contribution in [0.3, 0.4) is 0 Å². The number of hydrogen-bond acceptors (Lipinski definition) is 4. The number of amides is 1. The van der Waals surface area contributed by atoms with Gasteiger partial charge in [-0.3, -0.25) is 9.78 Å². The van der Waals surface area contributed by atoms with Gasteiger partial charge in [0.1, 0.15) is 6.10 Å². The molecule has 0 spiro atoms. The van der Waals surface area contributed by atoms with Crippen LogP contribution in [0.4, 0.5) is 11.4 Å². The van der Waals surface area contributed by atoms with Gasteiger partial charge in [-0.05, 0) is 51.0 Å². The van der Waals surface area contributed by atoms with Crippen LogP contribution >= 0.6 is 0 Å². The zero-order chi connectivity index (χ0) is 15.4. The standard InChI is InChI=1S/C17H25N3O2/c1-13(22-12-14-5-6-14)17(21)19-15-11-18-8-7-16(15)20-9-3-2-4-10-20/h7-8,11,13-14H,2-6,9-10,12H2,1H3,(H,19,21)/t13-/m1/s1. The summed E-state index contributed by atoms with van der Waals surface area (Å²) >= 11 is 0. The van der Waals surface area contributed by atoms with Gasteiger partial charge in [0.05, 0.1) is 24.2 Å². The lowest BCUT2D eigenvalue weighted by atomic mass is 10.1. The van der Waals surface area contributed by atoms with E-state index in [-0.39, 0.29) is 5.91 Å². The number of nitrogens with one attached hydrogen (secondary N) is 1. The maximum atomic E-state index is 12.3. The molecule has 2 aliphatic rings. The van der Waals surface area contributed by atoms with E-state index < -0.39 is 6.10 Å². The third kappa shape index (κ3) is 3.97. The van der Waals surface area contributed by atoms with Gasteiger partial charge in [0, 0.05) is 19.3 Å². The maximum absolute atomic E-state index is 12.3. The summed E-state index contributed by atoms with van der Waals surface area (Å²) < 4.78 is 5.64. The number of aromatic nitrogens is 1. The molecule has 1 saturated carbocycles. The summed E-state index contributed by atoms with van der Waals surface area (Å²) in [5, 5.41) is 2.98. The summed E-state index contributed by atoms with van der Waals surface area (Å²) in [6.45, 7) is 4.59. The number of hydrogen-bond donors (Lipinski definition) is 1. The van der Waals surface area contributed by atoms with E-state index in [0.717, 1.165) is 24.5 Å². The molecule has 22 heavy (non-hydrogen) atoms. The fourth-order valence-corrected chi connectivity index (χ4v) is 2.77. The number of ether oxygens (including phenoxy) is 1. The van der Waals surface area contributed by atoms with E-state index in [2.05, 4.69) is 15.2 Å². The Morgan fingerprint density at radius 1 is 1.41 bits per heavy atom. The van der Waals surface area contributed by atoms with Crippen LogP contribution in [0.15, 0.2) is 18.5 Å². The molecule has 2 heterocycles. The third-order valence-electron chi connectivity index (χ3n) is 4.40. The minimum atomic E-state index is -0.421. The topological polar surface area (TPSA) is 54.5 Å². The molecule has 1 aromatic heterocycles. The second-order valence-corrected chi connectivity index (χ2v) is 6.35. The van der Waals surface area contributed by atoms with Crippen molar-refractivity contribution in [1.29, 1.82) is 0 Å². The highest BCUT2D eigenvalue weighted by Crippen LogP contribution is 2.30. The van der Waals surface area contributed by atoms with Crippen LogP contribution in [0.1, 0.15) is 39.0 Å². The van der Waals surface area contributed by atoms with Gasteiger partial charge in [-0.2, -0.15) is 0 Å².